The summed E-state index contributed by atoms with van der Waals surface area (Å²) in [4.78, 5) is 2.60. The van der Waals surface area contributed by atoms with Gasteiger partial charge in [-0.3, -0.25) is 4.90 Å². The van der Waals surface area contributed by atoms with Crippen LogP contribution in [-0.2, 0) is 0 Å². The van der Waals surface area contributed by atoms with Gasteiger partial charge in [-0.25, -0.2) is 0 Å². The highest BCUT2D eigenvalue weighted by atomic mass is 32.2. The number of hydrogen-bond donors (Lipinski definition) is 0. The van der Waals surface area contributed by atoms with Crippen molar-refractivity contribution in [2.75, 3.05) is 24.3 Å². The number of thioether (sulfide) groups is 2. The van der Waals surface area contributed by atoms with E-state index in [9.17, 15) is 0 Å². The van der Waals surface area contributed by atoms with Crippen LogP contribution in [0.15, 0.2) is 0 Å². The number of nitrogens with zero attached hydrogens (tertiary/aromatic N) is 1. The van der Waals surface area contributed by atoms with E-state index >= 15 is 0 Å². The van der Waals surface area contributed by atoms with Crippen LogP contribution < -0.4 is 0 Å². The van der Waals surface area contributed by atoms with Gasteiger partial charge in [0.25, 0.3) is 0 Å². The van der Waals surface area contributed by atoms with E-state index in [2.05, 4.69) is 36.8 Å². The summed E-state index contributed by atoms with van der Waals surface area (Å²) >= 11 is 4.07. The van der Waals surface area contributed by atoms with Crippen LogP contribution >= 0.6 is 23.5 Å². The highest BCUT2D eigenvalue weighted by Gasteiger charge is 2.23. The second kappa shape index (κ2) is 4.63. The third-order valence-corrected chi connectivity index (χ3v) is 4.27. The Kier molecular flexibility index (Phi) is 4.10. The van der Waals surface area contributed by atoms with Gasteiger partial charge in [0.2, 0.25) is 0 Å². The SMILES string of the molecule is CS[C@H]1CSCCN1C(C)C. The Balaban J connectivity index is 2.44. The first-order valence-electron chi connectivity index (χ1n) is 4.12. The Bertz CT molecular complexity index is 117. The van der Waals surface area contributed by atoms with E-state index in [-0.39, 0.29) is 0 Å². The summed E-state index contributed by atoms with van der Waals surface area (Å²) in [6, 6.07) is 0.716. The Morgan fingerprint density at radius 1 is 1.55 bits per heavy atom. The third-order valence-electron chi connectivity index (χ3n) is 2.06. The average Bonchev–Trinajstić information content (AvgIpc) is 2.04. The fraction of sp³-hybridized carbons (Fsp3) is 1.00. The lowest BCUT2D eigenvalue weighted by Crippen LogP contribution is -2.44. The molecule has 66 valence electrons. The summed E-state index contributed by atoms with van der Waals surface area (Å²) in [7, 11) is 0. The normalized spacial score (nSPS) is 27.8. The van der Waals surface area contributed by atoms with Crippen LogP contribution in [0.3, 0.4) is 0 Å². The molecule has 0 spiro atoms. The van der Waals surface area contributed by atoms with Crippen LogP contribution in [0.4, 0.5) is 0 Å². The fourth-order valence-electron chi connectivity index (χ4n) is 1.39. The summed E-state index contributed by atoms with van der Waals surface area (Å²) in [5.74, 6) is 2.62. The van der Waals surface area contributed by atoms with E-state index in [0.717, 1.165) is 5.37 Å². The minimum absolute atomic E-state index is 0.716. The molecule has 0 radical (unpaired) electrons. The van der Waals surface area contributed by atoms with Crippen LogP contribution in [0.25, 0.3) is 0 Å². The number of hydrogen-bond acceptors (Lipinski definition) is 3. The van der Waals surface area contributed by atoms with Crippen molar-refractivity contribution in [1.29, 1.82) is 0 Å². The zero-order valence-corrected chi connectivity index (χ0v) is 9.17. The van der Waals surface area contributed by atoms with Gasteiger partial charge >= 0.3 is 0 Å². The molecule has 1 nitrogen and oxygen atoms in total. The predicted octanol–water partition coefficient (Wildman–Crippen LogP) is 2.13. The molecule has 1 aliphatic rings. The van der Waals surface area contributed by atoms with Crippen molar-refractivity contribution >= 4 is 23.5 Å². The summed E-state index contributed by atoms with van der Waals surface area (Å²) in [6.45, 7) is 5.85. The molecule has 0 unspecified atom stereocenters. The van der Waals surface area contributed by atoms with E-state index in [1.807, 2.05) is 11.8 Å². The van der Waals surface area contributed by atoms with Crippen molar-refractivity contribution in [2.24, 2.45) is 0 Å². The minimum Gasteiger partial charge on any atom is -0.288 e. The van der Waals surface area contributed by atoms with Crippen LogP contribution in [-0.4, -0.2) is 40.6 Å². The second-order valence-electron chi connectivity index (χ2n) is 3.10. The monoisotopic (exact) mass is 191 g/mol. The van der Waals surface area contributed by atoms with Crippen molar-refractivity contribution in [3.63, 3.8) is 0 Å². The quantitative estimate of drug-likeness (QED) is 0.658. The summed E-state index contributed by atoms with van der Waals surface area (Å²) in [6.07, 6.45) is 2.21. The average molecular weight is 191 g/mol. The molecule has 0 aromatic rings. The lowest BCUT2D eigenvalue weighted by molar-refractivity contribution is 0.226. The van der Waals surface area contributed by atoms with Crippen molar-refractivity contribution in [2.45, 2.75) is 25.3 Å². The van der Waals surface area contributed by atoms with E-state index in [0.29, 0.717) is 6.04 Å². The first-order chi connectivity index (χ1) is 5.25. The summed E-state index contributed by atoms with van der Waals surface area (Å²) in [5.41, 5.74) is 0. The van der Waals surface area contributed by atoms with E-state index in [1.54, 1.807) is 0 Å². The molecule has 0 aromatic heterocycles. The van der Waals surface area contributed by atoms with E-state index < -0.39 is 0 Å². The van der Waals surface area contributed by atoms with Gasteiger partial charge in [-0.15, -0.1) is 11.8 Å². The maximum atomic E-state index is 2.60. The Morgan fingerprint density at radius 3 is 2.73 bits per heavy atom. The van der Waals surface area contributed by atoms with E-state index in [1.165, 1.54) is 18.1 Å². The zero-order valence-electron chi connectivity index (χ0n) is 7.54. The summed E-state index contributed by atoms with van der Waals surface area (Å²) in [5, 5.41) is 0.758. The van der Waals surface area contributed by atoms with Gasteiger partial charge in [0.05, 0.1) is 5.37 Å². The van der Waals surface area contributed by atoms with Crippen molar-refractivity contribution in [3.8, 4) is 0 Å². The molecule has 3 heteroatoms. The predicted molar refractivity (Wildman–Crippen MR) is 56.5 cm³/mol. The lowest BCUT2D eigenvalue weighted by atomic mass is 10.3. The fourth-order valence-corrected chi connectivity index (χ4v) is 3.74. The van der Waals surface area contributed by atoms with Gasteiger partial charge in [0.15, 0.2) is 0 Å². The van der Waals surface area contributed by atoms with E-state index in [4.69, 9.17) is 0 Å². The molecule has 0 aliphatic carbocycles. The van der Waals surface area contributed by atoms with Gasteiger partial charge in [-0.1, -0.05) is 0 Å². The Labute approximate surface area is 78.3 Å². The number of rotatable bonds is 2. The van der Waals surface area contributed by atoms with Gasteiger partial charge in [0.1, 0.15) is 0 Å². The molecular weight excluding hydrogens is 174 g/mol. The molecule has 0 bridgehead atoms. The first kappa shape index (κ1) is 9.75. The molecule has 1 aliphatic heterocycles. The van der Waals surface area contributed by atoms with Crippen LogP contribution in [0.1, 0.15) is 13.8 Å². The highest BCUT2D eigenvalue weighted by molar-refractivity contribution is 8.03. The Hall–Kier alpha value is 0.660. The van der Waals surface area contributed by atoms with Crippen molar-refractivity contribution < 1.29 is 0 Å². The highest BCUT2D eigenvalue weighted by Crippen LogP contribution is 2.24. The molecule has 1 heterocycles. The largest absolute Gasteiger partial charge is 0.288 e. The van der Waals surface area contributed by atoms with Crippen LogP contribution in [0.5, 0.6) is 0 Å². The molecule has 1 rings (SSSR count). The molecule has 0 saturated carbocycles. The molecule has 0 aromatic carbocycles. The Morgan fingerprint density at radius 2 is 2.27 bits per heavy atom. The van der Waals surface area contributed by atoms with Crippen molar-refractivity contribution in [3.05, 3.63) is 0 Å². The molecule has 11 heavy (non-hydrogen) atoms. The van der Waals surface area contributed by atoms with Gasteiger partial charge in [0, 0.05) is 24.1 Å². The standard InChI is InChI=1S/C8H17NS2/c1-7(2)9-4-5-11-6-8(9)10-3/h7-8H,4-6H2,1-3H3/t8-/m0/s1. The van der Waals surface area contributed by atoms with Gasteiger partial charge in [-0.05, 0) is 20.1 Å². The van der Waals surface area contributed by atoms with Gasteiger partial charge in [-0.2, -0.15) is 11.8 Å². The minimum atomic E-state index is 0.716. The molecule has 1 saturated heterocycles. The molecular formula is C8H17NS2. The van der Waals surface area contributed by atoms with Crippen LogP contribution in [0, 0.1) is 0 Å². The smallest absolute Gasteiger partial charge is 0.0648 e. The van der Waals surface area contributed by atoms with Crippen molar-refractivity contribution in [1.82, 2.24) is 4.90 Å². The topological polar surface area (TPSA) is 3.24 Å². The second-order valence-corrected chi connectivity index (χ2v) is 5.26. The summed E-state index contributed by atoms with van der Waals surface area (Å²) < 4.78 is 0. The molecule has 1 fully saturated rings. The molecule has 0 amide bonds. The van der Waals surface area contributed by atoms with Crippen LogP contribution in [0.2, 0.25) is 0 Å². The zero-order chi connectivity index (χ0) is 8.27. The third kappa shape index (κ3) is 2.56. The first-order valence-corrected chi connectivity index (χ1v) is 6.56. The molecule has 1 atom stereocenters. The van der Waals surface area contributed by atoms with Gasteiger partial charge < -0.3 is 0 Å². The lowest BCUT2D eigenvalue weighted by Gasteiger charge is -2.37. The maximum Gasteiger partial charge on any atom is 0.0648 e. The maximum absolute atomic E-state index is 2.60. The molecule has 0 N–H and O–H groups in total.